The average Bonchev–Trinajstić information content (AvgIpc) is 2.78. The number of hydrogen-bond donors (Lipinski definition) is 2. The zero-order valence-corrected chi connectivity index (χ0v) is 14.1. The quantitative estimate of drug-likeness (QED) is 0.734. The number of unbranched alkanes of at least 4 members (excludes halogenated alkanes) is 1. The van der Waals surface area contributed by atoms with Crippen LogP contribution in [0.2, 0.25) is 0 Å². The molecule has 4 nitrogen and oxygen atoms in total. The topological polar surface area (TPSA) is 66.4 Å². The molecule has 1 aromatic rings. The van der Waals surface area contributed by atoms with Crippen LogP contribution in [-0.4, -0.2) is 19.6 Å². The van der Waals surface area contributed by atoms with Gasteiger partial charge >= 0.3 is 0 Å². The van der Waals surface area contributed by atoms with Gasteiger partial charge in [-0.2, -0.15) is 0 Å². The number of nitrogens with one attached hydrogen (secondary N) is 1. The monoisotopic (exact) mass is 319 g/mol. The molecule has 0 aliphatic carbocycles. The molecule has 1 aromatic heterocycles. The molecule has 0 aliphatic heterocycles. The minimum Gasteiger partial charge on any atom is -0.391 e. The molecular weight excluding hydrogens is 294 g/mol. The van der Waals surface area contributed by atoms with Crippen LogP contribution in [-0.2, 0) is 16.6 Å². The Kier molecular flexibility index (Phi) is 7.15. The Labute approximate surface area is 126 Å². The van der Waals surface area contributed by atoms with E-state index in [0.29, 0.717) is 10.4 Å². The van der Waals surface area contributed by atoms with Gasteiger partial charge in [0, 0.05) is 6.04 Å². The molecule has 0 radical (unpaired) electrons. The van der Waals surface area contributed by atoms with Crippen LogP contribution >= 0.6 is 11.3 Å². The molecule has 1 atom stereocenters. The van der Waals surface area contributed by atoms with E-state index in [2.05, 4.69) is 18.6 Å². The van der Waals surface area contributed by atoms with E-state index in [0.717, 1.165) is 32.1 Å². The van der Waals surface area contributed by atoms with E-state index in [4.69, 9.17) is 0 Å². The molecule has 1 heterocycles. The Morgan fingerprint density at radius 3 is 2.55 bits per heavy atom. The zero-order chi connectivity index (χ0) is 15.2. The first-order valence-corrected chi connectivity index (χ1v) is 9.52. The van der Waals surface area contributed by atoms with Crippen molar-refractivity contribution >= 4 is 21.4 Å². The average molecular weight is 319 g/mol. The summed E-state index contributed by atoms with van der Waals surface area (Å²) in [6.45, 7) is 5.69. The number of rotatable bonds is 9. The van der Waals surface area contributed by atoms with Crippen molar-refractivity contribution in [3.63, 3.8) is 0 Å². The minimum absolute atomic E-state index is 0.0178. The van der Waals surface area contributed by atoms with E-state index in [1.54, 1.807) is 12.3 Å². The van der Waals surface area contributed by atoms with Crippen molar-refractivity contribution in [2.45, 2.75) is 70.4 Å². The van der Waals surface area contributed by atoms with Gasteiger partial charge in [-0.3, -0.25) is 0 Å². The summed E-state index contributed by atoms with van der Waals surface area (Å²) in [6.07, 6.45) is 4.73. The van der Waals surface area contributed by atoms with Gasteiger partial charge in [0.15, 0.2) is 0 Å². The van der Waals surface area contributed by atoms with Gasteiger partial charge < -0.3 is 5.11 Å². The predicted molar refractivity (Wildman–Crippen MR) is 83.5 cm³/mol. The van der Waals surface area contributed by atoms with Crippen LogP contribution in [0.25, 0.3) is 0 Å². The summed E-state index contributed by atoms with van der Waals surface area (Å²) in [5, 5.41) is 11.1. The molecule has 0 aromatic carbocycles. The Balaban J connectivity index is 2.94. The fourth-order valence-corrected chi connectivity index (χ4v) is 5.26. The summed E-state index contributed by atoms with van der Waals surface area (Å²) in [7, 11) is -3.54. The lowest BCUT2D eigenvalue weighted by molar-refractivity contribution is 0.282. The fraction of sp³-hybridized carbons (Fsp3) is 0.714. The first-order chi connectivity index (χ1) is 9.46. The Hall–Kier alpha value is -0.430. The van der Waals surface area contributed by atoms with Crippen molar-refractivity contribution < 1.29 is 13.5 Å². The third-order valence-corrected chi connectivity index (χ3v) is 6.23. The summed E-state index contributed by atoms with van der Waals surface area (Å²) < 4.78 is 27.9. The van der Waals surface area contributed by atoms with Crippen molar-refractivity contribution in [3.05, 3.63) is 15.8 Å². The molecule has 20 heavy (non-hydrogen) atoms. The summed E-state index contributed by atoms with van der Waals surface area (Å²) >= 11 is 1.29. The molecule has 0 spiro atoms. The Bertz CT molecular complexity index is 508. The molecule has 1 rings (SSSR count). The molecule has 2 N–H and O–H groups in total. The van der Waals surface area contributed by atoms with E-state index in [1.807, 2.05) is 0 Å². The maximum Gasteiger partial charge on any atom is 0.242 e. The van der Waals surface area contributed by atoms with Crippen LogP contribution in [0.1, 0.15) is 56.4 Å². The van der Waals surface area contributed by atoms with Gasteiger partial charge in [-0.1, -0.05) is 33.1 Å². The highest BCUT2D eigenvalue weighted by molar-refractivity contribution is 7.89. The highest BCUT2D eigenvalue weighted by Gasteiger charge is 2.25. The molecule has 0 saturated heterocycles. The third-order valence-electron chi connectivity index (χ3n) is 3.27. The van der Waals surface area contributed by atoms with Crippen molar-refractivity contribution in [3.8, 4) is 0 Å². The fourth-order valence-electron chi connectivity index (χ4n) is 2.30. The van der Waals surface area contributed by atoms with Gasteiger partial charge in [0.2, 0.25) is 10.0 Å². The smallest absolute Gasteiger partial charge is 0.242 e. The van der Waals surface area contributed by atoms with Gasteiger partial charge in [0.25, 0.3) is 0 Å². The van der Waals surface area contributed by atoms with E-state index in [-0.39, 0.29) is 17.5 Å². The van der Waals surface area contributed by atoms with Crippen LogP contribution in [0, 0.1) is 6.92 Å². The van der Waals surface area contributed by atoms with E-state index < -0.39 is 10.0 Å². The standard InChI is InChI=1S/C14H25NO3S2/c1-4-6-8-12(7-5-2)15-20(17,18)14-11(3)10-19-13(14)9-16/h10,12,15-16H,4-9H2,1-3H3. The lowest BCUT2D eigenvalue weighted by Gasteiger charge is -2.18. The maximum atomic E-state index is 12.5. The normalized spacial score (nSPS) is 13.6. The SMILES string of the molecule is CCCCC(CCC)NS(=O)(=O)c1c(C)csc1CO. The molecule has 0 amide bonds. The summed E-state index contributed by atoms with van der Waals surface area (Å²) in [6, 6.07) is -0.0178. The van der Waals surface area contributed by atoms with Crippen molar-refractivity contribution in [1.29, 1.82) is 0 Å². The number of aliphatic hydroxyl groups excluding tert-OH is 1. The largest absolute Gasteiger partial charge is 0.391 e. The third kappa shape index (κ3) is 4.55. The first kappa shape index (κ1) is 17.6. The van der Waals surface area contributed by atoms with Crippen molar-refractivity contribution in [2.24, 2.45) is 0 Å². The Morgan fingerprint density at radius 2 is 2.00 bits per heavy atom. The molecule has 116 valence electrons. The highest BCUT2D eigenvalue weighted by Crippen LogP contribution is 2.27. The summed E-state index contributed by atoms with van der Waals surface area (Å²) in [5.74, 6) is 0. The second-order valence-corrected chi connectivity index (χ2v) is 7.69. The number of sulfonamides is 1. The van der Waals surface area contributed by atoms with Crippen LogP contribution in [0.4, 0.5) is 0 Å². The molecular formula is C14H25NO3S2. The highest BCUT2D eigenvalue weighted by atomic mass is 32.2. The molecule has 6 heteroatoms. The number of thiophene rings is 1. The van der Waals surface area contributed by atoms with Gasteiger partial charge in [0.1, 0.15) is 4.90 Å². The van der Waals surface area contributed by atoms with E-state index in [1.165, 1.54) is 11.3 Å². The number of hydrogen-bond acceptors (Lipinski definition) is 4. The van der Waals surface area contributed by atoms with Crippen molar-refractivity contribution in [1.82, 2.24) is 4.72 Å². The van der Waals surface area contributed by atoms with Gasteiger partial charge in [-0.05, 0) is 30.7 Å². The number of aliphatic hydroxyl groups is 1. The van der Waals surface area contributed by atoms with Crippen LogP contribution in [0.15, 0.2) is 10.3 Å². The van der Waals surface area contributed by atoms with Gasteiger partial charge in [-0.15, -0.1) is 11.3 Å². The van der Waals surface area contributed by atoms with E-state index in [9.17, 15) is 13.5 Å². The minimum atomic E-state index is -3.54. The second-order valence-electron chi connectivity index (χ2n) is 5.08. The summed E-state index contributed by atoms with van der Waals surface area (Å²) in [4.78, 5) is 0.781. The van der Waals surface area contributed by atoms with Gasteiger partial charge in [-0.25, -0.2) is 13.1 Å². The predicted octanol–water partition coefficient (Wildman–Crippen LogP) is 3.19. The molecule has 0 fully saturated rings. The summed E-state index contributed by atoms with van der Waals surface area (Å²) in [5.41, 5.74) is 0.706. The first-order valence-electron chi connectivity index (χ1n) is 7.16. The Morgan fingerprint density at radius 1 is 1.30 bits per heavy atom. The van der Waals surface area contributed by atoms with Crippen LogP contribution in [0.3, 0.4) is 0 Å². The molecule has 1 unspecified atom stereocenters. The lowest BCUT2D eigenvalue weighted by atomic mass is 10.1. The van der Waals surface area contributed by atoms with Crippen LogP contribution in [0.5, 0.6) is 0 Å². The van der Waals surface area contributed by atoms with Crippen LogP contribution < -0.4 is 4.72 Å². The molecule has 0 saturated carbocycles. The van der Waals surface area contributed by atoms with E-state index >= 15 is 0 Å². The van der Waals surface area contributed by atoms with Crippen molar-refractivity contribution in [2.75, 3.05) is 0 Å². The number of aryl methyl sites for hydroxylation is 1. The second kappa shape index (κ2) is 8.12. The molecule has 0 bridgehead atoms. The zero-order valence-electron chi connectivity index (χ0n) is 12.5. The lowest BCUT2D eigenvalue weighted by Crippen LogP contribution is -2.35. The maximum absolute atomic E-state index is 12.5. The molecule has 0 aliphatic rings. The van der Waals surface area contributed by atoms with Gasteiger partial charge in [0.05, 0.1) is 11.5 Å².